The van der Waals surface area contributed by atoms with Gasteiger partial charge in [-0.1, -0.05) is 0 Å². The molecule has 1 aliphatic heterocycles. The zero-order valence-corrected chi connectivity index (χ0v) is 7.65. The molecular formula is C9H8F3N3. The van der Waals surface area contributed by atoms with Gasteiger partial charge in [0.2, 0.25) is 6.17 Å². The summed E-state index contributed by atoms with van der Waals surface area (Å²) in [5.74, 6) is 0. The molecule has 1 aliphatic rings. The Balaban J connectivity index is 2.25. The fourth-order valence-electron chi connectivity index (χ4n) is 1.46. The van der Waals surface area contributed by atoms with Gasteiger partial charge in [-0.3, -0.25) is 9.98 Å². The van der Waals surface area contributed by atoms with Gasteiger partial charge < -0.3 is 4.90 Å². The molecule has 2 heterocycles. The number of halogens is 3. The second-order valence-corrected chi connectivity index (χ2v) is 3.10. The highest BCUT2D eigenvalue weighted by Gasteiger charge is 2.45. The van der Waals surface area contributed by atoms with Crippen LogP contribution < -0.4 is 4.90 Å². The Labute approximate surface area is 84.3 Å². The maximum Gasteiger partial charge on any atom is 0.429 e. The summed E-state index contributed by atoms with van der Waals surface area (Å²) < 4.78 is 37.6. The molecule has 0 spiro atoms. The van der Waals surface area contributed by atoms with Gasteiger partial charge >= 0.3 is 6.18 Å². The van der Waals surface area contributed by atoms with Gasteiger partial charge in [-0.15, -0.1) is 0 Å². The van der Waals surface area contributed by atoms with Gasteiger partial charge in [-0.25, -0.2) is 0 Å². The van der Waals surface area contributed by atoms with Crippen molar-refractivity contribution in [3.63, 3.8) is 0 Å². The second-order valence-electron chi connectivity index (χ2n) is 3.10. The quantitative estimate of drug-likeness (QED) is 0.715. The van der Waals surface area contributed by atoms with Gasteiger partial charge in [-0.2, -0.15) is 13.2 Å². The zero-order chi connectivity index (χ0) is 10.9. The summed E-state index contributed by atoms with van der Waals surface area (Å²) >= 11 is 0. The molecule has 0 aromatic carbocycles. The standard InChI is InChI=1S/C9H8F3N3/c10-9(11,12)8-14-5-6-15(8)7-1-3-13-4-2-7/h1-5,8H,6H2. The van der Waals surface area contributed by atoms with E-state index < -0.39 is 12.3 Å². The fourth-order valence-corrected chi connectivity index (χ4v) is 1.46. The first-order valence-electron chi connectivity index (χ1n) is 4.34. The first-order chi connectivity index (χ1) is 7.09. The van der Waals surface area contributed by atoms with Gasteiger partial charge in [0.15, 0.2) is 0 Å². The van der Waals surface area contributed by atoms with E-state index in [1.807, 2.05) is 0 Å². The van der Waals surface area contributed by atoms with Crippen molar-refractivity contribution in [1.29, 1.82) is 0 Å². The topological polar surface area (TPSA) is 28.5 Å². The number of aromatic nitrogens is 1. The number of anilines is 1. The molecule has 2 rings (SSSR count). The molecule has 0 saturated heterocycles. The number of hydrogen-bond donors (Lipinski definition) is 0. The minimum Gasteiger partial charge on any atom is -0.337 e. The van der Waals surface area contributed by atoms with E-state index in [0.717, 1.165) is 0 Å². The van der Waals surface area contributed by atoms with E-state index in [1.54, 1.807) is 0 Å². The summed E-state index contributed by atoms with van der Waals surface area (Å²) in [5.41, 5.74) is 0.477. The lowest BCUT2D eigenvalue weighted by Gasteiger charge is -2.26. The lowest BCUT2D eigenvalue weighted by Crippen LogP contribution is -2.41. The van der Waals surface area contributed by atoms with Gasteiger partial charge in [0, 0.05) is 24.3 Å². The van der Waals surface area contributed by atoms with E-state index in [9.17, 15) is 13.2 Å². The highest BCUT2D eigenvalue weighted by Crippen LogP contribution is 2.31. The van der Waals surface area contributed by atoms with Crippen molar-refractivity contribution in [2.45, 2.75) is 12.3 Å². The van der Waals surface area contributed by atoms with Crippen LogP contribution in [0.25, 0.3) is 0 Å². The predicted molar refractivity (Wildman–Crippen MR) is 49.9 cm³/mol. The summed E-state index contributed by atoms with van der Waals surface area (Å²) in [5, 5.41) is 0. The molecule has 15 heavy (non-hydrogen) atoms. The summed E-state index contributed by atoms with van der Waals surface area (Å²) in [7, 11) is 0. The maximum absolute atomic E-state index is 12.5. The van der Waals surface area contributed by atoms with E-state index in [1.165, 1.54) is 35.6 Å². The molecule has 1 unspecified atom stereocenters. The third-order valence-corrected chi connectivity index (χ3v) is 2.11. The Kier molecular flexibility index (Phi) is 2.34. The van der Waals surface area contributed by atoms with E-state index in [0.29, 0.717) is 5.69 Å². The van der Waals surface area contributed by atoms with Crippen LogP contribution in [0.5, 0.6) is 0 Å². The number of pyridine rings is 1. The summed E-state index contributed by atoms with van der Waals surface area (Å²) in [4.78, 5) is 8.36. The van der Waals surface area contributed by atoms with Crippen molar-refractivity contribution in [2.24, 2.45) is 4.99 Å². The van der Waals surface area contributed by atoms with Crippen LogP contribution >= 0.6 is 0 Å². The number of aliphatic imine (C=N–C) groups is 1. The first kappa shape index (κ1) is 9.95. The van der Waals surface area contributed by atoms with E-state index in [-0.39, 0.29) is 6.54 Å². The molecule has 6 heteroatoms. The molecule has 0 amide bonds. The normalized spacial score (nSPS) is 21.0. The lowest BCUT2D eigenvalue weighted by molar-refractivity contribution is -0.144. The Morgan fingerprint density at radius 2 is 1.93 bits per heavy atom. The molecular weight excluding hydrogens is 207 g/mol. The highest BCUT2D eigenvalue weighted by molar-refractivity contribution is 5.70. The van der Waals surface area contributed by atoms with Crippen molar-refractivity contribution in [2.75, 3.05) is 11.4 Å². The molecule has 3 nitrogen and oxygen atoms in total. The third kappa shape index (κ3) is 1.93. The van der Waals surface area contributed by atoms with Crippen LogP contribution in [-0.4, -0.2) is 30.1 Å². The van der Waals surface area contributed by atoms with Crippen LogP contribution in [-0.2, 0) is 0 Å². The number of alkyl halides is 3. The highest BCUT2D eigenvalue weighted by atomic mass is 19.4. The van der Waals surface area contributed by atoms with Crippen molar-refractivity contribution in [3.8, 4) is 0 Å². The maximum atomic E-state index is 12.5. The first-order valence-corrected chi connectivity index (χ1v) is 4.34. The Hall–Kier alpha value is -1.59. The van der Waals surface area contributed by atoms with Crippen molar-refractivity contribution in [3.05, 3.63) is 24.5 Å². The molecule has 0 radical (unpaired) electrons. The lowest BCUT2D eigenvalue weighted by atomic mass is 10.3. The van der Waals surface area contributed by atoms with Gasteiger partial charge in [0.05, 0.1) is 6.54 Å². The summed E-state index contributed by atoms with van der Waals surface area (Å²) in [6, 6.07) is 3.07. The molecule has 1 aromatic heterocycles. The van der Waals surface area contributed by atoms with Crippen LogP contribution in [0.1, 0.15) is 0 Å². The minimum atomic E-state index is -4.34. The Morgan fingerprint density at radius 1 is 1.27 bits per heavy atom. The molecule has 0 bridgehead atoms. The Bertz CT molecular complexity index is 361. The van der Waals surface area contributed by atoms with Gasteiger partial charge in [0.25, 0.3) is 0 Å². The second kappa shape index (κ2) is 3.52. The minimum absolute atomic E-state index is 0.175. The zero-order valence-electron chi connectivity index (χ0n) is 7.65. The van der Waals surface area contributed by atoms with Crippen LogP contribution in [0.2, 0.25) is 0 Å². The van der Waals surface area contributed by atoms with E-state index >= 15 is 0 Å². The predicted octanol–water partition coefficient (Wildman–Crippen LogP) is 1.86. The average Bonchev–Trinajstić information content (AvgIpc) is 2.67. The number of nitrogens with zero attached hydrogens (tertiary/aromatic N) is 3. The van der Waals surface area contributed by atoms with Gasteiger partial charge in [0.1, 0.15) is 0 Å². The van der Waals surface area contributed by atoms with Crippen molar-refractivity contribution < 1.29 is 13.2 Å². The molecule has 0 fully saturated rings. The van der Waals surface area contributed by atoms with E-state index in [2.05, 4.69) is 9.98 Å². The van der Waals surface area contributed by atoms with Crippen molar-refractivity contribution >= 4 is 11.9 Å². The monoisotopic (exact) mass is 215 g/mol. The Morgan fingerprint density at radius 3 is 2.53 bits per heavy atom. The molecule has 1 aromatic rings. The third-order valence-electron chi connectivity index (χ3n) is 2.11. The van der Waals surface area contributed by atoms with Crippen LogP contribution in [0.3, 0.4) is 0 Å². The molecule has 0 saturated carbocycles. The molecule has 0 aliphatic carbocycles. The van der Waals surface area contributed by atoms with Crippen LogP contribution in [0.15, 0.2) is 29.5 Å². The average molecular weight is 215 g/mol. The SMILES string of the molecule is FC(F)(F)C1N=CCN1c1ccncc1. The largest absolute Gasteiger partial charge is 0.429 e. The fraction of sp³-hybridized carbons (Fsp3) is 0.333. The molecule has 80 valence electrons. The summed E-state index contributed by atoms with van der Waals surface area (Å²) in [6.45, 7) is 0.175. The smallest absolute Gasteiger partial charge is 0.337 e. The molecule has 0 N–H and O–H groups in total. The number of rotatable bonds is 1. The van der Waals surface area contributed by atoms with E-state index in [4.69, 9.17) is 0 Å². The van der Waals surface area contributed by atoms with Crippen molar-refractivity contribution in [1.82, 2.24) is 4.98 Å². The van der Waals surface area contributed by atoms with Crippen LogP contribution in [0, 0.1) is 0 Å². The summed E-state index contributed by atoms with van der Waals surface area (Å²) in [6.07, 6.45) is -1.91. The molecule has 1 atom stereocenters. The number of hydrogen-bond acceptors (Lipinski definition) is 3. The van der Waals surface area contributed by atoms with Crippen LogP contribution in [0.4, 0.5) is 18.9 Å². The van der Waals surface area contributed by atoms with Gasteiger partial charge in [-0.05, 0) is 12.1 Å².